The molecule has 1 heterocycles. The van der Waals surface area contributed by atoms with Gasteiger partial charge in [-0.3, -0.25) is 10.1 Å². The summed E-state index contributed by atoms with van der Waals surface area (Å²) in [6.07, 6.45) is 1.58. The molecule has 3 aromatic rings. The SMILES string of the molecule is CCC(OC)c1cccc(-c2csc(NC(=O)c3cc(Cl)c(C=C(C)C(=O)O)c(Cl)c3)n2)c1F. The molecule has 0 aliphatic carbocycles. The summed E-state index contributed by atoms with van der Waals surface area (Å²) in [6, 6.07) is 7.80. The second kappa shape index (κ2) is 11.1. The first-order chi connectivity index (χ1) is 16.2. The van der Waals surface area contributed by atoms with Gasteiger partial charge >= 0.3 is 5.97 Å². The summed E-state index contributed by atoms with van der Waals surface area (Å²) in [4.78, 5) is 28.1. The maximum atomic E-state index is 15.1. The number of carboxylic acid groups (broad SMARTS) is 1. The fourth-order valence-corrected chi connectivity index (χ4v) is 4.57. The van der Waals surface area contributed by atoms with Crippen molar-refractivity contribution in [3.63, 3.8) is 0 Å². The lowest BCUT2D eigenvalue weighted by Gasteiger charge is -2.15. The van der Waals surface area contributed by atoms with Gasteiger partial charge in [0.25, 0.3) is 5.91 Å². The van der Waals surface area contributed by atoms with Crippen molar-refractivity contribution < 1.29 is 23.8 Å². The van der Waals surface area contributed by atoms with Crippen LogP contribution in [0.25, 0.3) is 17.3 Å². The number of thiazole rings is 1. The second-order valence-electron chi connectivity index (χ2n) is 7.32. The van der Waals surface area contributed by atoms with Crippen molar-refractivity contribution >= 4 is 57.6 Å². The van der Waals surface area contributed by atoms with Crippen molar-refractivity contribution in [3.8, 4) is 11.3 Å². The van der Waals surface area contributed by atoms with Gasteiger partial charge in [-0.1, -0.05) is 42.3 Å². The van der Waals surface area contributed by atoms with E-state index in [0.29, 0.717) is 28.8 Å². The first kappa shape index (κ1) is 25.8. The van der Waals surface area contributed by atoms with Gasteiger partial charge in [-0.25, -0.2) is 14.2 Å². The molecule has 0 saturated heterocycles. The Morgan fingerprint density at radius 1 is 1.29 bits per heavy atom. The fourth-order valence-electron chi connectivity index (χ4n) is 3.27. The van der Waals surface area contributed by atoms with E-state index in [1.165, 1.54) is 32.2 Å². The Hall–Kier alpha value is -2.78. The molecule has 1 atom stereocenters. The van der Waals surface area contributed by atoms with Crippen molar-refractivity contribution in [2.75, 3.05) is 12.4 Å². The monoisotopic (exact) mass is 522 g/mol. The smallest absolute Gasteiger partial charge is 0.331 e. The average Bonchev–Trinajstić information content (AvgIpc) is 3.25. The van der Waals surface area contributed by atoms with Crippen LogP contribution in [0.15, 0.2) is 41.3 Å². The minimum Gasteiger partial charge on any atom is -0.478 e. The van der Waals surface area contributed by atoms with Gasteiger partial charge in [0.2, 0.25) is 0 Å². The summed E-state index contributed by atoms with van der Waals surface area (Å²) in [5, 5.41) is 13.9. The van der Waals surface area contributed by atoms with Crippen LogP contribution < -0.4 is 5.32 Å². The Bertz CT molecular complexity index is 1250. The average molecular weight is 523 g/mol. The minimum absolute atomic E-state index is 0.0448. The molecule has 1 amide bonds. The number of carboxylic acids is 1. The van der Waals surface area contributed by atoms with Gasteiger partial charge in [-0.05, 0) is 37.6 Å². The third-order valence-corrected chi connectivity index (χ3v) is 6.45. The molecule has 0 aliphatic rings. The molecule has 6 nitrogen and oxygen atoms in total. The van der Waals surface area contributed by atoms with E-state index in [9.17, 15) is 9.59 Å². The van der Waals surface area contributed by atoms with Gasteiger partial charge in [0.15, 0.2) is 5.13 Å². The summed E-state index contributed by atoms with van der Waals surface area (Å²) >= 11 is 13.6. The van der Waals surface area contributed by atoms with Gasteiger partial charge < -0.3 is 9.84 Å². The highest BCUT2D eigenvalue weighted by molar-refractivity contribution is 7.14. The van der Waals surface area contributed by atoms with Crippen LogP contribution >= 0.6 is 34.5 Å². The number of carbonyl (C=O) groups excluding carboxylic acids is 1. The van der Waals surface area contributed by atoms with Crippen LogP contribution in [0.2, 0.25) is 10.0 Å². The number of amides is 1. The number of methoxy groups -OCH3 is 1. The number of benzene rings is 2. The Morgan fingerprint density at radius 3 is 2.56 bits per heavy atom. The van der Waals surface area contributed by atoms with Gasteiger partial charge in [0.1, 0.15) is 5.82 Å². The number of carbonyl (C=O) groups is 2. The molecule has 0 spiro atoms. The van der Waals surface area contributed by atoms with Crippen LogP contribution in [-0.4, -0.2) is 29.1 Å². The number of aliphatic carboxylic acids is 1. The molecule has 2 aromatic carbocycles. The lowest BCUT2D eigenvalue weighted by atomic mass is 10.0. The number of aromatic nitrogens is 1. The predicted molar refractivity (Wildman–Crippen MR) is 133 cm³/mol. The van der Waals surface area contributed by atoms with Crippen LogP contribution in [0.1, 0.15) is 47.9 Å². The topological polar surface area (TPSA) is 88.5 Å². The Morgan fingerprint density at radius 2 is 1.97 bits per heavy atom. The lowest BCUT2D eigenvalue weighted by molar-refractivity contribution is -0.132. The second-order valence-corrected chi connectivity index (χ2v) is 8.99. The van der Waals surface area contributed by atoms with Crippen molar-refractivity contribution in [3.05, 3.63) is 73.8 Å². The van der Waals surface area contributed by atoms with Gasteiger partial charge in [0.05, 0.1) is 21.8 Å². The summed E-state index contributed by atoms with van der Waals surface area (Å²) in [6.45, 7) is 3.32. The van der Waals surface area contributed by atoms with Crippen LogP contribution in [0.5, 0.6) is 0 Å². The molecule has 1 aromatic heterocycles. The predicted octanol–water partition coefficient (Wildman–Crippen LogP) is 7.09. The van der Waals surface area contributed by atoms with E-state index in [1.807, 2.05) is 6.92 Å². The van der Waals surface area contributed by atoms with Gasteiger partial charge in [-0.2, -0.15) is 0 Å². The highest BCUT2D eigenvalue weighted by Crippen LogP contribution is 2.33. The highest BCUT2D eigenvalue weighted by Gasteiger charge is 2.19. The molecular weight excluding hydrogens is 502 g/mol. The third kappa shape index (κ3) is 5.64. The lowest BCUT2D eigenvalue weighted by Crippen LogP contribution is -2.12. The maximum Gasteiger partial charge on any atom is 0.331 e. The van der Waals surface area contributed by atoms with E-state index in [0.717, 1.165) is 11.3 Å². The molecule has 3 rings (SSSR count). The van der Waals surface area contributed by atoms with Crippen molar-refractivity contribution in [1.82, 2.24) is 4.98 Å². The van der Waals surface area contributed by atoms with Crippen molar-refractivity contribution in [2.45, 2.75) is 26.4 Å². The van der Waals surface area contributed by atoms with Gasteiger partial charge in [0, 0.05) is 40.3 Å². The zero-order valence-electron chi connectivity index (χ0n) is 18.5. The molecular formula is C24H21Cl2FN2O4S. The Labute approximate surface area is 210 Å². The first-order valence-corrected chi connectivity index (χ1v) is 11.8. The van der Waals surface area contributed by atoms with Crippen molar-refractivity contribution in [2.24, 2.45) is 0 Å². The number of rotatable bonds is 8. The molecule has 0 aliphatic heterocycles. The number of ether oxygens (including phenoxy) is 1. The van der Waals surface area contributed by atoms with E-state index in [-0.39, 0.29) is 32.4 Å². The third-order valence-electron chi connectivity index (χ3n) is 5.07. The molecule has 2 N–H and O–H groups in total. The Kier molecular flexibility index (Phi) is 8.43. The summed E-state index contributed by atoms with van der Waals surface area (Å²) in [5.74, 6) is -2.05. The van der Waals surface area contributed by atoms with E-state index < -0.39 is 17.7 Å². The van der Waals surface area contributed by atoms with Crippen LogP contribution in [0.4, 0.5) is 9.52 Å². The molecule has 0 bridgehead atoms. The number of nitrogens with zero attached hydrogens (tertiary/aromatic N) is 1. The zero-order valence-corrected chi connectivity index (χ0v) is 20.8. The molecule has 178 valence electrons. The first-order valence-electron chi connectivity index (χ1n) is 10.1. The maximum absolute atomic E-state index is 15.1. The quantitative estimate of drug-likeness (QED) is 0.308. The highest BCUT2D eigenvalue weighted by atomic mass is 35.5. The van der Waals surface area contributed by atoms with Crippen molar-refractivity contribution in [1.29, 1.82) is 0 Å². The number of anilines is 1. The number of halogens is 3. The van der Waals surface area contributed by atoms with Crippen LogP contribution in [0, 0.1) is 5.82 Å². The van der Waals surface area contributed by atoms with E-state index in [1.54, 1.807) is 23.6 Å². The van der Waals surface area contributed by atoms with E-state index in [2.05, 4.69) is 10.3 Å². The van der Waals surface area contributed by atoms with Crippen LogP contribution in [0.3, 0.4) is 0 Å². The number of nitrogens with one attached hydrogen (secondary N) is 1. The minimum atomic E-state index is -1.11. The standard InChI is InChI=1S/C24H21Cl2FN2O4S/c1-4-20(33-3)15-7-5-6-14(21(15)27)19-11-34-24(28-19)29-22(30)13-9-17(25)16(18(26)10-13)8-12(2)23(31)32/h5-11,20H,4H2,1-3H3,(H,31,32)(H,28,29,30). The van der Waals surface area contributed by atoms with E-state index in [4.69, 9.17) is 33.0 Å². The summed E-state index contributed by atoms with van der Waals surface area (Å²) in [7, 11) is 1.53. The zero-order chi connectivity index (χ0) is 25.0. The summed E-state index contributed by atoms with van der Waals surface area (Å²) < 4.78 is 20.5. The molecule has 1 unspecified atom stereocenters. The molecule has 0 fully saturated rings. The molecule has 0 radical (unpaired) electrons. The van der Waals surface area contributed by atoms with E-state index >= 15 is 4.39 Å². The van der Waals surface area contributed by atoms with Crippen LogP contribution in [-0.2, 0) is 9.53 Å². The number of hydrogen-bond acceptors (Lipinski definition) is 5. The normalized spacial score (nSPS) is 12.5. The fraction of sp³-hybridized carbons (Fsp3) is 0.208. The molecule has 10 heteroatoms. The Balaban J connectivity index is 1.84. The largest absolute Gasteiger partial charge is 0.478 e. The molecule has 0 saturated carbocycles. The van der Waals surface area contributed by atoms with Gasteiger partial charge in [-0.15, -0.1) is 11.3 Å². The number of hydrogen-bond donors (Lipinski definition) is 2. The summed E-state index contributed by atoms with van der Waals surface area (Å²) in [5.41, 5.74) is 1.64. The molecule has 34 heavy (non-hydrogen) atoms.